The molecular formula is C15H15NO. The first-order valence-corrected chi connectivity index (χ1v) is 5.95. The summed E-state index contributed by atoms with van der Waals surface area (Å²) in [6, 6.07) is 9.42. The van der Waals surface area contributed by atoms with Gasteiger partial charge in [0.2, 0.25) is 0 Å². The Bertz CT molecular complexity index is 491. The summed E-state index contributed by atoms with van der Waals surface area (Å²) < 4.78 is 0. The van der Waals surface area contributed by atoms with Gasteiger partial charge >= 0.3 is 0 Å². The van der Waals surface area contributed by atoms with E-state index >= 15 is 0 Å². The van der Waals surface area contributed by atoms with E-state index in [1.54, 1.807) is 12.1 Å². The van der Waals surface area contributed by atoms with Gasteiger partial charge in [-0.15, -0.1) is 0 Å². The third-order valence-electron chi connectivity index (χ3n) is 3.23. The van der Waals surface area contributed by atoms with Gasteiger partial charge in [-0.1, -0.05) is 19.1 Å². The predicted molar refractivity (Wildman–Crippen MR) is 67.2 cm³/mol. The van der Waals surface area contributed by atoms with Crippen LogP contribution in [0.25, 0.3) is 6.08 Å². The smallest absolute Gasteiger partial charge is 0.161 e. The first-order valence-electron chi connectivity index (χ1n) is 5.95. The zero-order chi connectivity index (χ0) is 12.3. The number of carbonyl (C=O) groups is 1. The van der Waals surface area contributed by atoms with Crippen LogP contribution in [0.5, 0.6) is 0 Å². The number of ketones is 1. The number of benzene rings is 1. The summed E-state index contributed by atoms with van der Waals surface area (Å²) in [5, 5.41) is 8.71. The zero-order valence-electron chi connectivity index (χ0n) is 9.94. The van der Waals surface area contributed by atoms with Crippen molar-refractivity contribution in [2.75, 3.05) is 0 Å². The van der Waals surface area contributed by atoms with Crippen molar-refractivity contribution in [1.82, 2.24) is 0 Å². The fourth-order valence-corrected chi connectivity index (χ4v) is 2.17. The van der Waals surface area contributed by atoms with Crippen molar-refractivity contribution in [3.63, 3.8) is 0 Å². The van der Waals surface area contributed by atoms with Crippen molar-refractivity contribution in [1.29, 1.82) is 5.26 Å². The van der Waals surface area contributed by atoms with Gasteiger partial charge in [0.1, 0.15) is 0 Å². The van der Waals surface area contributed by atoms with Gasteiger partial charge in [-0.3, -0.25) is 4.79 Å². The molecule has 0 saturated heterocycles. The lowest BCUT2D eigenvalue weighted by Gasteiger charge is -2.19. The van der Waals surface area contributed by atoms with Crippen LogP contribution in [-0.4, -0.2) is 5.78 Å². The maximum absolute atomic E-state index is 11.9. The van der Waals surface area contributed by atoms with E-state index in [0.717, 1.165) is 30.4 Å². The molecule has 2 rings (SSSR count). The Morgan fingerprint density at radius 1 is 1.35 bits per heavy atom. The molecule has 0 radical (unpaired) electrons. The van der Waals surface area contributed by atoms with Crippen molar-refractivity contribution in [2.24, 2.45) is 5.92 Å². The molecule has 1 fully saturated rings. The SMILES string of the molecule is C[C@H]1CCC/C(=C\c2ccc(C#N)cc2)C1=O. The van der Waals surface area contributed by atoms with E-state index in [-0.39, 0.29) is 11.7 Å². The maximum Gasteiger partial charge on any atom is 0.161 e. The second-order valence-corrected chi connectivity index (χ2v) is 4.56. The van der Waals surface area contributed by atoms with Gasteiger partial charge in [-0.2, -0.15) is 5.26 Å². The fourth-order valence-electron chi connectivity index (χ4n) is 2.17. The lowest BCUT2D eigenvalue weighted by Crippen LogP contribution is -2.18. The predicted octanol–water partition coefficient (Wildman–Crippen LogP) is 3.33. The molecule has 1 aliphatic carbocycles. The Balaban J connectivity index is 2.23. The summed E-state index contributed by atoms with van der Waals surface area (Å²) in [6.07, 6.45) is 4.93. The van der Waals surface area contributed by atoms with Crippen molar-refractivity contribution in [3.05, 3.63) is 41.0 Å². The number of hydrogen-bond donors (Lipinski definition) is 0. The van der Waals surface area contributed by atoms with E-state index in [1.165, 1.54) is 0 Å². The lowest BCUT2D eigenvalue weighted by atomic mass is 9.84. The van der Waals surface area contributed by atoms with Crippen LogP contribution < -0.4 is 0 Å². The molecule has 17 heavy (non-hydrogen) atoms. The van der Waals surface area contributed by atoms with Crippen molar-refractivity contribution in [3.8, 4) is 6.07 Å². The van der Waals surface area contributed by atoms with E-state index in [9.17, 15) is 4.79 Å². The van der Waals surface area contributed by atoms with Crippen molar-refractivity contribution < 1.29 is 4.79 Å². The van der Waals surface area contributed by atoms with E-state index in [4.69, 9.17) is 5.26 Å². The second kappa shape index (κ2) is 4.97. The van der Waals surface area contributed by atoms with Gasteiger partial charge in [0.05, 0.1) is 11.6 Å². The Labute approximate surface area is 102 Å². The molecule has 0 aliphatic heterocycles. The van der Waals surface area contributed by atoms with Gasteiger partial charge in [-0.05, 0) is 48.6 Å². The molecule has 0 aromatic heterocycles. The van der Waals surface area contributed by atoms with Crippen LogP contribution in [0.15, 0.2) is 29.8 Å². The zero-order valence-corrected chi connectivity index (χ0v) is 9.94. The molecule has 1 aliphatic rings. The molecule has 1 aromatic carbocycles. The number of carbonyl (C=O) groups excluding carboxylic acids is 1. The van der Waals surface area contributed by atoms with Crippen LogP contribution in [0, 0.1) is 17.2 Å². The molecule has 1 atom stereocenters. The lowest BCUT2D eigenvalue weighted by molar-refractivity contribution is -0.119. The molecule has 0 amide bonds. The van der Waals surface area contributed by atoms with Crippen LogP contribution >= 0.6 is 0 Å². The molecule has 0 unspecified atom stereocenters. The average molecular weight is 225 g/mol. The summed E-state index contributed by atoms with van der Waals surface area (Å²) in [6.45, 7) is 1.99. The molecule has 86 valence electrons. The third-order valence-corrected chi connectivity index (χ3v) is 3.23. The number of nitriles is 1. The number of Topliss-reactive ketones (excluding diaryl/α,β-unsaturated/α-hetero) is 1. The standard InChI is InChI=1S/C15H15NO/c1-11-3-2-4-14(15(11)17)9-12-5-7-13(10-16)8-6-12/h5-9,11H,2-4H2,1H3/b14-9+/t11-/m0/s1. The highest BCUT2D eigenvalue weighted by Gasteiger charge is 2.22. The quantitative estimate of drug-likeness (QED) is 0.688. The highest BCUT2D eigenvalue weighted by Crippen LogP contribution is 2.26. The normalized spacial score (nSPS) is 22.5. The number of rotatable bonds is 1. The fraction of sp³-hybridized carbons (Fsp3) is 0.333. The average Bonchev–Trinajstić information content (AvgIpc) is 2.36. The van der Waals surface area contributed by atoms with Crippen molar-refractivity contribution >= 4 is 11.9 Å². The molecule has 0 bridgehead atoms. The molecule has 1 saturated carbocycles. The Hall–Kier alpha value is -1.88. The summed E-state index contributed by atoms with van der Waals surface area (Å²) in [5.74, 6) is 0.439. The largest absolute Gasteiger partial charge is 0.294 e. The summed E-state index contributed by atoms with van der Waals surface area (Å²) in [5.41, 5.74) is 2.57. The number of hydrogen-bond acceptors (Lipinski definition) is 2. The summed E-state index contributed by atoms with van der Waals surface area (Å²) in [4.78, 5) is 11.9. The van der Waals surface area contributed by atoms with Gasteiger partial charge in [0.15, 0.2) is 5.78 Å². The topological polar surface area (TPSA) is 40.9 Å². The van der Waals surface area contributed by atoms with E-state index in [1.807, 2.05) is 25.1 Å². The highest BCUT2D eigenvalue weighted by atomic mass is 16.1. The highest BCUT2D eigenvalue weighted by molar-refractivity contribution is 6.01. The van der Waals surface area contributed by atoms with Crippen LogP contribution in [0.1, 0.15) is 37.3 Å². The number of allylic oxidation sites excluding steroid dienone is 1. The van der Waals surface area contributed by atoms with Crippen LogP contribution in [-0.2, 0) is 4.79 Å². The minimum absolute atomic E-state index is 0.161. The molecule has 1 aromatic rings. The summed E-state index contributed by atoms with van der Waals surface area (Å²) in [7, 11) is 0. The molecule has 0 spiro atoms. The number of nitrogens with zero attached hydrogens (tertiary/aromatic N) is 1. The van der Waals surface area contributed by atoms with Crippen LogP contribution in [0.4, 0.5) is 0 Å². The maximum atomic E-state index is 11.9. The van der Waals surface area contributed by atoms with Gasteiger partial charge in [0, 0.05) is 5.92 Å². The van der Waals surface area contributed by atoms with Crippen molar-refractivity contribution in [2.45, 2.75) is 26.2 Å². The van der Waals surface area contributed by atoms with Crippen LogP contribution in [0.3, 0.4) is 0 Å². The van der Waals surface area contributed by atoms with Gasteiger partial charge in [0.25, 0.3) is 0 Å². The Morgan fingerprint density at radius 2 is 2.06 bits per heavy atom. The molecular weight excluding hydrogens is 210 g/mol. The van der Waals surface area contributed by atoms with Crippen LogP contribution in [0.2, 0.25) is 0 Å². The van der Waals surface area contributed by atoms with E-state index < -0.39 is 0 Å². The molecule has 0 N–H and O–H groups in total. The summed E-state index contributed by atoms with van der Waals surface area (Å²) >= 11 is 0. The second-order valence-electron chi connectivity index (χ2n) is 4.56. The molecule has 0 heterocycles. The Kier molecular flexibility index (Phi) is 3.39. The molecule has 2 nitrogen and oxygen atoms in total. The first kappa shape index (κ1) is 11.6. The van der Waals surface area contributed by atoms with Gasteiger partial charge in [-0.25, -0.2) is 0 Å². The minimum atomic E-state index is 0.161. The minimum Gasteiger partial charge on any atom is -0.294 e. The monoisotopic (exact) mass is 225 g/mol. The van der Waals surface area contributed by atoms with E-state index in [0.29, 0.717) is 5.56 Å². The van der Waals surface area contributed by atoms with E-state index in [2.05, 4.69) is 6.07 Å². The Morgan fingerprint density at radius 3 is 2.71 bits per heavy atom. The van der Waals surface area contributed by atoms with Gasteiger partial charge < -0.3 is 0 Å². The third kappa shape index (κ3) is 2.62. The first-order chi connectivity index (χ1) is 8.20. The molecule has 2 heteroatoms.